The van der Waals surface area contributed by atoms with Gasteiger partial charge >= 0.3 is 0 Å². The summed E-state index contributed by atoms with van der Waals surface area (Å²) in [5, 5.41) is 0.670. The number of hydrogen-bond acceptors (Lipinski definition) is 7. The van der Waals surface area contributed by atoms with Gasteiger partial charge in [0.15, 0.2) is 5.13 Å². The third-order valence-electron chi connectivity index (χ3n) is 4.88. The van der Waals surface area contributed by atoms with Crippen molar-refractivity contribution < 1.29 is 14.3 Å². The Balaban J connectivity index is 1.51. The molecule has 2 aromatic heterocycles. The molecule has 0 atom stereocenters. The van der Waals surface area contributed by atoms with Crippen molar-refractivity contribution in [2.24, 2.45) is 0 Å². The zero-order chi connectivity index (χ0) is 23.0. The van der Waals surface area contributed by atoms with Crippen LogP contribution in [0.1, 0.15) is 19.0 Å². The molecule has 33 heavy (non-hydrogen) atoms. The molecular formula is C25H25N3O3S2. The van der Waals surface area contributed by atoms with E-state index in [1.54, 1.807) is 30.0 Å². The second-order valence-electron chi connectivity index (χ2n) is 7.13. The van der Waals surface area contributed by atoms with Gasteiger partial charge in [-0.1, -0.05) is 17.4 Å². The molecule has 170 valence electrons. The highest BCUT2D eigenvalue weighted by Crippen LogP contribution is 2.33. The summed E-state index contributed by atoms with van der Waals surface area (Å²) in [6, 6.07) is 19.4. The van der Waals surface area contributed by atoms with E-state index in [1.807, 2.05) is 67.6 Å². The summed E-state index contributed by atoms with van der Waals surface area (Å²) in [6.07, 6.45) is 2.13. The average molecular weight is 480 g/mol. The minimum absolute atomic E-state index is 0.0192. The van der Waals surface area contributed by atoms with E-state index in [0.717, 1.165) is 32.3 Å². The number of amides is 1. The Labute approximate surface area is 201 Å². The smallest absolute Gasteiger partial charge is 0.229 e. The minimum Gasteiger partial charge on any atom is -0.497 e. The van der Waals surface area contributed by atoms with Crippen molar-refractivity contribution in [2.45, 2.75) is 24.8 Å². The molecule has 0 bridgehead atoms. The Morgan fingerprint density at radius 1 is 1.09 bits per heavy atom. The van der Waals surface area contributed by atoms with Crippen molar-refractivity contribution in [1.82, 2.24) is 9.97 Å². The van der Waals surface area contributed by atoms with E-state index in [1.165, 1.54) is 11.3 Å². The number of fused-ring (bicyclic) bond motifs is 1. The van der Waals surface area contributed by atoms with Crippen LogP contribution in [-0.2, 0) is 11.3 Å². The number of carbonyl (C=O) groups is 1. The number of benzene rings is 2. The van der Waals surface area contributed by atoms with Gasteiger partial charge in [-0.3, -0.25) is 14.7 Å². The van der Waals surface area contributed by atoms with E-state index in [0.29, 0.717) is 30.5 Å². The molecule has 0 saturated carbocycles. The molecule has 2 aromatic carbocycles. The summed E-state index contributed by atoms with van der Waals surface area (Å²) < 4.78 is 11.8. The lowest BCUT2D eigenvalue weighted by Gasteiger charge is -2.19. The highest BCUT2D eigenvalue weighted by Gasteiger charge is 2.21. The first-order valence-electron chi connectivity index (χ1n) is 10.7. The second kappa shape index (κ2) is 11.2. The number of thioether (sulfide) groups is 1. The summed E-state index contributed by atoms with van der Waals surface area (Å²) in [6.45, 7) is 2.94. The summed E-state index contributed by atoms with van der Waals surface area (Å²) in [5.74, 6) is 2.31. The fourth-order valence-corrected chi connectivity index (χ4v) is 5.10. The predicted octanol–water partition coefficient (Wildman–Crippen LogP) is 5.81. The van der Waals surface area contributed by atoms with E-state index >= 15 is 0 Å². The van der Waals surface area contributed by atoms with Crippen LogP contribution in [0.2, 0.25) is 0 Å². The molecule has 6 nitrogen and oxygen atoms in total. The van der Waals surface area contributed by atoms with Gasteiger partial charge in [0, 0.05) is 23.3 Å². The third kappa shape index (κ3) is 6.03. The van der Waals surface area contributed by atoms with Gasteiger partial charge in [0.2, 0.25) is 5.91 Å². The number of nitrogens with zero attached hydrogens (tertiary/aromatic N) is 3. The maximum Gasteiger partial charge on any atom is 0.229 e. The number of carbonyl (C=O) groups excluding carboxylic acids is 1. The van der Waals surface area contributed by atoms with Crippen LogP contribution < -0.4 is 14.4 Å². The molecule has 0 aliphatic heterocycles. The number of pyridine rings is 1. The molecule has 0 fully saturated rings. The van der Waals surface area contributed by atoms with Crippen molar-refractivity contribution in [3.05, 3.63) is 72.6 Å². The maximum absolute atomic E-state index is 13.3. The van der Waals surface area contributed by atoms with Crippen molar-refractivity contribution >= 4 is 44.4 Å². The van der Waals surface area contributed by atoms with Gasteiger partial charge in [-0.15, -0.1) is 11.8 Å². The average Bonchev–Trinajstić information content (AvgIpc) is 3.27. The number of rotatable bonds is 10. The molecule has 0 radical (unpaired) electrons. The van der Waals surface area contributed by atoms with Crippen molar-refractivity contribution in [1.29, 1.82) is 0 Å². The van der Waals surface area contributed by atoms with Crippen LogP contribution in [0.3, 0.4) is 0 Å². The molecule has 0 unspecified atom stereocenters. The van der Waals surface area contributed by atoms with Crippen molar-refractivity contribution in [3.63, 3.8) is 0 Å². The van der Waals surface area contributed by atoms with Crippen LogP contribution >= 0.6 is 23.1 Å². The third-order valence-corrected chi connectivity index (χ3v) is 6.94. The van der Waals surface area contributed by atoms with E-state index < -0.39 is 0 Å². The molecule has 0 saturated heterocycles. The van der Waals surface area contributed by atoms with Gasteiger partial charge in [0.25, 0.3) is 0 Å². The number of hydrogen-bond donors (Lipinski definition) is 0. The predicted molar refractivity (Wildman–Crippen MR) is 135 cm³/mol. The number of aromatic nitrogens is 2. The molecule has 0 aliphatic carbocycles. The topological polar surface area (TPSA) is 64.5 Å². The molecule has 8 heteroatoms. The molecule has 0 spiro atoms. The normalized spacial score (nSPS) is 10.8. The molecule has 4 aromatic rings. The number of thiazole rings is 1. The maximum atomic E-state index is 13.3. The summed E-state index contributed by atoms with van der Waals surface area (Å²) in [7, 11) is 1.65. The van der Waals surface area contributed by atoms with Gasteiger partial charge in [-0.2, -0.15) is 0 Å². The molecule has 0 N–H and O–H groups in total. The highest BCUT2D eigenvalue weighted by atomic mass is 32.2. The SMILES string of the molecule is CCOc1ccc2nc(N(Cc3ccccn3)C(=O)CCSc3ccc(OC)cc3)sc2c1. The number of anilines is 1. The van der Waals surface area contributed by atoms with Crippen LogP contribution in [0.5, 0.6) is 11.5 Å². The van der Waals surface area contributed by atoms with E-state index in [4.69, 9.17) is 14.5 Å². The monoisotopic (exact) mass is 479 g/mol. The Bertz CT molecular complexity index is 1200. The van der Waals surface area contributed by atoms with Gasteiger partial charge < -0.3 is 9.47 Å². The lowest BCUT2D eigenvalue weighted by atomic mass is 10.3. The Kier molecular flexibility index (Phi) is 7.80. The highest BCUT2D eigenvalue weighted by molar-refractivity contribution is 7.99. The van der Waals surface area contributed by atoms with Gasteiger partial charge in [-0.25, -0.2) is 4.98 Å². The van der Waals surface area contributed by atoms with Crippen LogP contribution in [-0.4, -0.2) is 35.3 Å². The van der Waals surface area contributed by atoms with Crippen LogP contribution in [0, 0.1) is 0 Å². The standard InChI is InChI=1S/C25H25N3O3S2/c1-3-31-20-9-12-22-23(16-20)33-25(27-22)28(17-18-6-4-5-14-26-18)24(29)13-15-32-21-10-7-19(30-2)8-11-21/h4-12,14,16H,3,13,15,17H2,1-2H3. The fraction of sp³-hybridized carbons (Fsp3) is 0.240. The molecule has 2 heterocycles. The Morgan fingerprint density at radius 3 is 2.64 bits per heavy atom. The van der Waals surface area contributed by atoms with Crippen molar-refractivity contribution in [2.75, 3.05) is 24.4 Å². The Morgan fingerprint density at radius 2 is 1.91 bits per heavy atom. The molecule has 1 amide bonds. The van der Waals surface area contributed by atoms with Crippen LogP contribution in [0.25, 0.3) is 10.2 Å². The van der Waals surface area contributed by atoms with Gasteiger partial charge in [0.05, 0.1) is 36.2 Å². The first kappa shape index (κ1) is 23.1. The summed E-state index contributed by atoms with van der Waals surface area (Å²) in [4.78, 5) is 25.3. The summed E-state index contributed by atoms with van der Waals surface area (Å²) >= 11 is 3.14. The summed E-state index contributed by atoms with van der Waals surface area (Å²) in [5.41, 5.74) is 1.67. The fourth-order valence-electron chi connectivity index (χ4n) is 3.24. The van der Waals surface area contributed by atoms with E-state index in [-0.39, 0.29) is 5.91 Å². The van der Waals surface area contributed by atoms with E-state index in [2.05, 4.69) is 4.98 Å². The molecule has 0 aliphatic rings. The Hall–Kier alpha value is -3.10. The first-order chi connectivity index (χ1) is 16.2. The van der Waals surface area contributed by atoms with Gasteiger partial charge in [-0.05, 0) is 61.5 Å². The molecule has 4 rings (SSSR count). The quantitative estimate of drug-likeness (QED) is 0.267. The zero-order valence-corrected chi connectivity index (χ0v) is 20.2. The van der Waals surface area contributed by atoms with E-state index in [9.17, 15) is 4.79 Å². The largest absolute Gasteiger partial charge is 0.497 e. The van der Waals surface area contributed by atoms with Crippen LogP contribution in [0.15, 0.2) is 71.8 Å². The van der Waals surface area contributed by atoms with Crippen LogP contribution in [0.4, 0.5) is 5.13 Å². The lowest BCUT2D eigenvalue weighted by Crippen LogP contribution is -2.30. The molecular weight excluding hydrogens is 454 g/mol. The first-order valence-corrected chi connectivity index (χ1v) is 12.5. The lowest BCUT2D eigenvalue weighted by molar-refractivity contribution is -0.118. The zero-order valence-electron chi connectivity index (χ0n) is 18.6. The minimum atomic E-state index is 0.0192. The number of ether oxygens (including phenoxy) is 2. The van der Waals surface area contributed by atoms with Crippen molar-refractivity contribution in [3.8, 4) is 11.5 Å². The second-order valence-corrected chi connectivity index (χ2v) is 9.31. The van der Waals surface area contributed by atoms with Gasteiger partial charge in [0.1, 0.15) is 11.5 Å². The number of methoxy groups -OCH3 is 1.